The molecule has 0 heterocycles. The Balaban J connectivity index is 2.94. The normalized spacial score (nSPS) is 12.1. The summed E-state index contributed by atoms with van der Waals surface area (Å²) in [6.45, 7) is 0. The van der Waals surface area contributed by atoms with Crippen molar-refractivity contribution in [2.45, 2.75) is 0 Å². The highest BCUT2D eigenvalue weighted by atomic mass is 32.2. The van der Waals surface area contributed by atoms with Crippen LogP contribution in [0.25, 0.3) is 0 Å². The molecule has 1 atom stereocenters. The molecular weight excluding hydrogens is 204 g/mol. The number of benzene rings is 1. The van der Waals surface area contributed by atoms with Crippen molar-refractivity contribution in [3.05, 3.63) is 29.8 Å². The second-order valence-corrected chi connectivity index (χ2v) is 3.61. The molecule has 0 aliphatic heterocycles. The van der Waals surface area contributed by atoms with E-state index < -0.39 is 17.2 Å². The zero-order valence-corrected chi connectivity index (χ0v) is 8.28. The van der Waals surface area contributed by atoms with E-state index in [0.717, 1.165) is 4.31 Å². The fraction of sp³-hybridized carbons (Fsp3) is 0.125. The molecule has 1 aromatic rings. The molecule has 0 aromatic heterocycles. The predicted octanol–water partition coefficient (Wildman–Crippen LogP) is 0.0158. The van der Waals surface area contributed by atoms with Crippen LogP contribution in [0, 0.1) is 0 Å². The van der Waals surface area contributed by atoms with Crippen LogP contribution in [0.4, 0.5) is 5.69 Å². The molecule has 0 saturated heterocycles. The van der Waals surface area contributed by atoms with Gasteiger partial charge in [0.25, 0.3) is 0 Å². The van der Waals surface area contributed by atoms with Gasteiger partial charge in [0.05, 0.1) is 0 Å². The van der Waals surface area contributed by atoms with Crippen molar-refractivity contribution < 1.29 is 13.6 Å². The third-order valence-electron chi connectivity index (χ3n) is 1.74. The molecule has 5 nitrogen and oxygen atoms in total. The van der Waals surface area contributed by atoms with Gasteiger partial charge in [0.15, 0.2) is 0 Å². The van der Waals surface area contributed by atoms with Crippen LogP contribution >= 0.6 is 0 Å². The average Bonchev–Trinajstić information content (AvgIpc) is 2.16. The number of hydrogen-bond donors (Lipinski definition) is 1. The van der Waals surface area contributed by atoms with Crippen LogP contribution in [-0.4, -0.2) is 21.7 Å². The van der Waals surface area contributed by atoms with Crippen LogP contribution in [0.2, 0.25) is 0 Å². The number of nitrogens with zero attached hydrogens (tertiary/aromatic N) is 1. The Morgan fingerprint density at radius 2 is 1.93 bits per heavy atom. The Hall–Kier alpha value is -1.40. The quantitative estimate of drug-likeness (QED) is 0.718. The minimum absolute atomic E-state index is 0.346. The van der Waals surface area contributed by atoms with Gasteiger partial charge in [-0.1, -0.05) is 0 Å². The third-order valence-corrected chi connectivity index (χ3v) is 2.40. The minimum Gasteiger partial charge on any atom is -0.755 e. The molecular formula is C8H9N2O3S-. The molecule has 1 rings (SSSR count). The molecule has 0 radical (unpaired) electrons. The lowest BCUT2D eigenvalue weighted by Crippen LogP contribution is -2.19. The number of carbonyl (C=O) groups excluding carboxylic acids is 1. The third kappa shape index (κ3) is 2.30. The van der Waals surface area contributed by atoms with Crippen molar-refractivity contribution >= 4 is 22.9 Å². The van der Waals surface area contributed by atoms with Crippen molar-refractivity contribution in [2.24, 2.45) is 5.73 Å². The number of amides is 1. The fourth-order valence-electron chi connectivity index (χ4n) is 0.922. The topological polar surface area (TPSA) is 86.5 Å². The Labute approximate surface area is 83.9 Å². The monoisotopic (exact) mass is 213 g/mol. The Kier molecular flexibility index (Phi) is 3.21. The van der Waals surface area contributed by atoms with Gasteiger partial charge >= 0.3 is 0 Å². The van der Waals surface area contributed by atoms with Gasteiger partial charge in [-0.3, -0.25) is 9.00 Å². The standard InChI is InChI=1S/C8H10N2O3S/c1-10(14(12)13)7-4-2-6(3-5-7)8(9)11/h2-5H,1H3,(H2,9,11)(H,12,13)/p-1. The minimum atomic E-state index is -2.31. The van der Waals surface area contributed by atoms with Crippen molar-refractivity contribution in [3.63, 3.8) is 0 Å². The lowest BCUT2D eigenvalue weighted by atomic mass is 10.2. The van der Waals surface area contributed by atoms with Crippen molar-refractivity contribution in [3.8, 4) is 0 Å². The van der Waals surface area contributed by atoms with E-state index in [4.69, 9.17) is 5.73 Å². The predicted molar refractivity (Wildman–Crippen MR) is 52.3 cm³/mol. The summed E-state index contributed by atoms with van der Waals surface area (Å²) < 4.78 is 22.2. The first-order valence-electron chi connectivity index (χ1n) is 3.75. The average molecular weight is 213 g/mol. The van der Waals surface area contributed by atoms with E-state index in [1.54, 1.807) is 0 Å². The lowest BCUT2D eigenvalue weighted by Gasteiger charge is -2.20. The van der Waals surface area contributed by atoms with Gasteiger partial charge in [-0.25, -0.2) is 0 Å². The second kappa shape index (κ2) is 4.21. The van der Waals surface area contributed by atoms with E-state index in [2.05, 4.69) is 0 Å². The molecule has 0 aliphatic carbocycles. The van der Waals surface area contributed by atoms with Crippen LogP contribution in [0.5, 0.6) is 0 Å². The highest BCUT2D eigenvalue weighted by molar-refractivity contribution is 7.80. The van der Waals surface area contributed by atoms with Gasteiger partial charge in [-0.05, 0) is 24.3 Å². The van der Waals surface area contributed by atoms with Crippen molar-refractivity contribution in [2.75, 3.05) is 11.4 Å². The molecule has 0 saturated carbocycles. The van der Waals surface area contributed by atoms with Crippen LogP contribution in [-0.2, 0) is 11.3 Å². The maximum absolute atomic E-state index is 10.7. The molecule has 1 unspecified atom stereocenters. The fourth-order valence-corrected chi connectivity index (χ4v) is 1.22. The smallest absolute Gasteiger partial charge is 0.248 e. The van der Waals surface area contributed by atoms with Gasteiger partial charge in [0.2, 0.25) is 5.91 Å². The van der Waals surface area contributed by atoms with Gasteiger partial charge < -0.3 is 14.6 Å². The maximum atomic E-state index is 10.7. The molecule has 14 heavy (non-hydrogen) atoms. The lowest BCUT2D eigenvalue weighted by molar-refractivity contribution is 0.100. The molecule has 6 heteroatoms. The van der Waals surface area contributed by atoms with E-state index in [9.17, 15) is 13.6 Å². The largest absolute Gasteiger partial charge is 0.755 e. The van der Waals surface area contributed by atoms with Crippen LogP contribution in [0.1, 0.15) is 10.4 Å². The van der Waals surface area contributed by atoms with Crippen LogP contribution < -0.4 is 10.0 Å². The summed E-state index contributed by atoms with van der Waals surface area (Å²) >= 11 is -2.31. The highest BCUT2D eigenvalue weighted by Gasteiger charge is 2.02. The Bertz CT molecular complexity index is 363. The summed E-state index contributed by atoms with van der Waals surface area (Å²) in [5, 5.41) is 0. The zero-order valence-electron chi connectivity index (χ0n) is 7.47. The molecule has 0 spiro atoms. The molecule has 76 valence electrons. The number of carbonyl (C=O) groups is 1. The molecule has 0 fully saturated rings. The molecule has 1 amide bonds. The number of rotatable bonds is 3. The summed E-state index contributed by atoms with van der Waals surface area (Å²) in [7, 11) is 1.41. The van der Waals surface area contributed by atoms with E-state index in [1.165, 1.54) is 31.3 Å². The number of anilines is 1. The van der Waals surface area contributed by atoms with E-state index >= 15 is 0 Å². The van der Waals surface area contributed by atoms with E-state index in [0.29, 0.717) is 11.3 Å². The van der Waals surface area contributed by atoms with Gasteiger partial charge in [0.1, 0.15) is 0 Å². The second-order valence-electron chi connectivity index (χ2n) is 2.63. The number of hydrogen-bond acceptors (Lipinski definition) is 3. The number of nitrogens with two attached hydrogens (primary N) is 1. The van der Waals surface area contributed by atoms with Gasteiger partial charge in [-0.2, -0.15) is 0 Å². The molecule has 1 aromatic carbocycles. The maximum Gasteiger partial charge on any atom is 0.248 e. The van der Waals surface area contributed by atoms with Crippen molar-refractivity contribution in [1.82, 2.24) is 0 Å². The Morgan fingerprint density at radius 1 is 1.43 bits per heavy atom. The number of primary amides is 1. The SMILES string of the molecule is CN(c1ccc(C(N)=O)cc1)S(=O)[O-]. The molecule has 2 N–H and O–H groups in total. The summed E-state index contributed by atoms with van der Waals surface area (Å²) in [5.41, 5.74) is 5.85. The summed E-state index contributed by atoms with van der Waals surface area (Å²) in [6, 6.07) is 5.97. The summed E-state index contributed by atoms with van der Waals surface area (Å²) in [6.07, 6.45) is 0. The first-order valence-corrected chi connectivity index (χ1v) is 4.78. The Morgan fingerprint density at radius 3 is 2.29 bits per heavy atom. The summed E-state index contributed by atoms with van der Waals surface area (Å²) in [5.74, 6) is -0.539. The first-order chi connectivity index (χ1) is 6.52. The van der Waals surface area contributed by atoms with Crippen LogP contribution in [0.3, 0.4) is 0 Å². The highest BCUT2D eigenvalue weighted by Crippen LogP contribution is 2.14. The first kappa shape index (κ1) is 10.7. The molecule has 0 aliphatic rings. The van der Waals surface area contributed by atoms with Gasteiger partial charge in [-0.15, -0.1) is 0 Å². The zero-order chi connectivity index (χ0) is 10.7. The van der Waals surface area contributed by atoms with E-state index in [-0.39, 0.29) is 0 Å². The molecule has 0 bridgehead atoms. The summed E-state index contributed by atoms with van der Waals surface area (Å²) in [4.78, 5) is 10.7. The van der Waals surface area contributed by atoms with E-state index in [1.807, 2.05) is 0 Å². The van der Waals surface area contributed by atoms with Crippen molar-refractivity contribution in [1.29, 1.82) is 0 Å². The van der Waals surface area contributed by atoms with Gasteiger partial charge in [0, 0.05) is 29.6 Å². The van der Waals surface area contributed by atoms with Crippen LogP contribution in [0.15, 0.2) is 24.3 Å².